The molecule has 0 aromatic heterocycles. The van der Waals surface area contributed by atoms with E-state index in [1.807, 2.05) is 12.1 Å². The number of ether oxygens (including phenoxy) is 2. The van der Waals surface area contributed by atoms with E-state index in [4.69, 9.17) is 9.47 Å². The largest absolute Gasteiger partial charge is 0.486 e. The molecule has 0 saturated heterocycles. The molecule has 2 aromatic rings. The van der Waals surface area contributed by atoms with Crippen LogP contribution in [0.15, 0.2) is 42.5 Å². The van der Waals surface area contributed by atoms with E-state index in [0.29, 0.717) is 17.6 Å². The second-order valence-corrected chi connectivity index (χ2v) is 4.83. The number of para-hydroxylation sites is 2. The zero-order valence-corrected chi connectivity index (χ0v) is 11.5. The number of hydrogen-bond acceptors (Lipinski definition) is 3. The summed E-state index contributed by atoms with van der Waals surface area (Å²) in [5.41, 5.74) is -0.210. The van der Waals surface area contributed by atoms with Gasteiger partial charge in [0.05, 0.1) is 12.1 Å². The van der Waals surface area contributed by atoms with E-state index < -0.39 is 17.5 Å². The molecular weight excluding hydrogens is 292 g/mol. The molecule has 6 heteroatoms. The van der Waals surface area contributed by atoms with E-state index in [1.165, 1.54) is 0 Å². The van der Waals surface area contributed by atoms with Gasteiger partial charge in [0, 0.05) is 6.07 Å². The third kappa shape index (κ3) is 3.00. The summed E-state index contributed by atoms with van der Waals surface area (Å²) in [6.07, 6.45) is -0.373. The van der Waals surface area contributed by atoms with Crippen LogP contribution in [-0.2, 0) is 0 Å². The van der Waals surface area contributed by atoms with Gasteiger partial charge in [-0.05, 0) is 24.3 Å². The summed E-state index contributed by atoms with van der Waals surface area (Å²) in [6.45, 7) is 0.438. The van der Waals surface area contributed by atoms with Crippen molar-refractivity contribution in [3.8, 4) is 11.5 Å². The molecule has 1 aliphatic rings. The predicted octanol–water partition coefficient (Wildman–Crippen LogP) is 2.53. The minimum atomic E-state index is -0.899. The standard InChI is InChI=1S/C16H13F2NO3/c17-10-5-6-12(13(18)7-10)16(20)19-8-11-9-21-14-3-1-2-4-15(14)22-11/h1-7,11H,8-9H2,(H,19,20)/t11-/m0/s1. The Morgan fingerprint density at radius 3 is 2.73 bits per heavy atom. The lowest BCUT2D eigenvalue weighted by Gasteiger charge is -2.26. The molecule has 1 aliphatic heterocycles. The Morgan fingerprint density at radius 1 is 1.18 bits per heavy atom. The van der Waals surface area contributed by atoms with Crippen molar-refractivity contribution in [2.75, 3.05) is 13.2 Å². The third-order valence-corrected chi connectivity index (χ3v) is 3.23. The van der Waals surface area contributed by atoms with Crippen molar-refractivity contribution in [3.05, 3.63) is 59.7 Å². The number of carbonyl (C=O) groups excluding carboxylic acids is 1. The molecule has 1 N–H and O–H groups in total. The molecule has 1 atom stereocenters. The van der Waals surface area contributed by atoms with Gasteiger partial charge in [0.15, 0.2) is 11.5 Å². The second-order valence-electron chi connectivity index (χ2n) is 4.83. The highest BCUT2D eigenvalue weighted by molar-refractivity contribution is 5.94. The maximum Gasteiger partial charge on any atom is 0.254 e. The summed E-state index contributed by atoms with van der Waals surface area (Å²) in [4.78, 5) is 11.9. The Labute approximate surface area is 125 Å². The van der Waals surface area contributed by atoms with E-state index in [1.54, 1.807) is 12.1 Å². The molecule has 22 heavy (non-hydrogen) atoms. The summed E-state index contributed by atoms with van der Waals surface area (Å²) < 4.78 is 37.5. The van der Waals surface area contributed by atoms with Crippen LogP contribution < -0.4 is 14.8 Å². The zero-order chi connectivity index (χ0) is 15.5. The third-order valence-electron chi connectivity index (χ3n) is 3.23. The molecule has 0 bridgehead atoms. The molecule has 4 nitrogen and oxygen atoms in total. The van der Waals surface area contributed by atoms with Crippen molar-refractivity contribution < 1.29 is 23.0 Å². The molecule has 0 radical (unpaired) electrons. The number of hydrogen-bond donors (Lipinski definition) is 1. The summed E-state index contributed by atoms with van der Waals surface area (Å²) in [5.74, 6) is -1.01. The predicted molar refractivity (Wildman–Crippen MR) is 75.0 cm³/mol. The average Bonchev–Trinajstić information content (AvgIpc) is 2.52. The van der Waals surface area contributed by atoms with Crippen molar-refractivity contribution in [2.24, 2.45) is 0 Å². The first-order chi connectivity index (χ1) is 10.6. The lowest BCUT2D eigenvalue weighted by atomic mass is 10.2. The quantitative estimate of drug-likeness (QED) is 0.948. The smallest absolute Gasteiger partial charge is 0.254 e. The number of fused-ring (bicyclic) bond motifs is 1. The van der Waals surface area contributed by atoms with Gasteiger partial charge in [0.25, 0.3) is 5.91 Å². The van der Waals surface area contributed by atoms with Gasteiger partial charge in [-0.25, -0.2) is 8.78 Å². The first-order valence-electron chi connectivity index (χ1n) is 6.75. The van der Waals surface area contributed by atoms with Crippen molar-refractivity contribution in [3.63, 3.8) is 0 Å². The SMILES string of the molecule is O=C(NC[C@H]1COc2ccccc2O1)c1ccc(F)cc1F. The number of benzene rings is 2. The summed E-state index contributed by atoms with van der Waals surface area (Å²) in [5, 5.41) is 2.55. The van der Waals surface area contributed by atoms with Crippen molar-refractivity contribution in [2.45, 2.75) is 6.10 Å². The topological polar surface area (TPSA) is 47.6 Å². The molecule has 0 unspecified atom stereocenters. The van der Waals surface area contributed by atoms with E-state index in [9.17, 15) is 13.6 Å². The van der Waals surface area contributed by atoms with Gasteiger partial charge in [0.2, 0.25) is 0 Å². The molecule has 1 heterocycles. The second kappa shape index (κ2) is 6.01. The van der Waals surface area contributed by atoms with Crippen LogP contribution in [0.3, 0.4) is 0 Å². The Bertz CT molecular complexity index is 706. The van der Waals surface area contributed by atoms with Crippen LogP contribution in [0.5, 0.6) is 11.5 Å². The number of halogens is 2. The molecule has 1 amide bonds. The highest BCUT2D eigenvalue weighted by atomic mass is 19.1. The molecule has 0 saturated carbocycles. The van der Waals surface area contributed by atoms with Gasteiger partial charge in [-0.2, -0.15) is 0 Å². The van der Waals surface area contributed by atoms with Gasteiger partial charge in [-0.1, -0.05) is 12.1 Å². The van der Waals surface area contributed by atoms with E-state index in [0.717, 1.165) is 12.1 Å². The van der Waals surface area contributed by atoms with Crippen LogP contribution in [-0.4, -0.2) is 25.2 Å². The van der Waals surface area contributed by atoms with Gasteiger partial charge < -0.3 is 14.8 Å². The minimum Gasteiger partial charge on any atom is -0.486 e. The normalized spacial score (nSPS) is 16.2. The van der Waals surface area contributed by atoms with Crippen molar-refractivity contribution in [1.29, 1.82) is 0 Å². The van der Waals surface area contributed by atoms with Gasteiger partial charge in [-0.15, -0.1) is 0 Å². The summed E-state index contributed by atoms with van der Waals surface area (Å²) in [7, 11) is 0. The highest BCUT2D eigenvalue weighted by Gasteiger charge is 2.22. The fraction of sp³-hybridized carbons (Fsp3) is 0.188. The van der Waals surface area contributed by atoms with Gasteiger partial charge >= 0.3 is 0 Å². The summed E-state index contributed by atoms with van der Waals surface area (Å²) >= 11 is 0. The molecule has 3 rings (SSSR count). The summed E-state index contributed by atoms with van der Waals surface area (Å²) in [6, 6.07) is 10.0. The Morgan fingerprint density at radius 2 is 1.95 bits per heavy atom. The number of carbonyl (C=O) groups is 1. The van der Waals surface area contributed by atoms with Crippen LogP contribution in [0.25, 0.3) is 0 Å². The first-order valence-corrected chi connectivity index (χ1v) is 6.75. The van der Waals surface area contributed by atoms with E-state index in [-0.39, 0.29) is 24.8 Å². The van der Waals surface area contributed by atoms with Crippen LogP contribution >= 0.6 is 0 Å². The molecule has 0 aliphatic carbocycles. The van der Waals surface area contributed by atoms with Gasteiger partial charge in [-0.3, -0.25) is 4.79 Å². The number of amides is 1. The minimum absolute atomic E-state index is 0.157. The molecular formula is C16H13F2NO3. The Kier molecular flexibility index (Phi) is 3.91. The van der Waals surface area contributed by atoms with E-state index in [2.05, 4.69) is 5.32 Å². The monoisotopic (exact) mass is 305 g/mol. The molecule has 0 fully saturated rings. The zero-order valence-electron chi connectivity index (χ0n) is 11.5. The van der Waals surface area contributed by atoms with Crippen molar-refractivity contribution >= 4 is 5.91 Å². The van der Waals surface area contributed by atoms with Crippen LogP contribution in [0.1, 0.15) is 10.4 Å². The number of nitrogens with one attached hydrogen (secondary N) is 1. The Hall–Kier alpha value is -2.63. The highest BCUT2D eigenvalue weighted by Crippen LogP contribution is 2.30. The van der Waals surface area contributed by atoms with E-state index >= 15 is 0 Å². The molecule has 0 spiro atoms. The maximum atomic E-state index is 13.5. The lowest BCUT2D eigenvalue weighted by molar-refractivity contribution is 0.0787. The Balaban J connectivity index is 1.60. The average molecular weight is 305 g/mol. The van der Waals surface area contributed by atoms with Crippen molar-refractivity contribution in [1.82, 2.24) is 5.32 Å². The molecule has 114 valence electrons. The number of rotatable bonds is 3. The lowest BCUT2D eigenvalue weighted by Crippen LogP contribution is -2.40. The van der Waals surface area contributed by atoms with Crippen LogP contribution in [0.2, 0.25) is 0 Å². The first kappa shape index (κ1) is 14.3. The molecule has 2 aromatic carbocycles. The van der Waals surface area contributed by atoms with Gasteiger partial charge in [0.1, 0.15) is 24.3 Å². The van der Waals surface area contributed by atoms with Crippen LogP contribution in [0, 0.1) is 11.6 Å². The fourth-order valence-corrected chi connectivity index (χ4v) is 2.14. The van der Waals surface area contributed by atoms with Crippen LogP contribution in [0.4, 0.5) is 8.78 Å². The fourth-order valence-electron chi connectivity index (χ4n) is 2.14. The maximum absolute atomic E-state index is 13.5.